The number of nitriles is 4. The first-order chi connectivity index (χ1) is 29.4. The molecule has 0 bridgehead atoms. The Bertz CT molecular complexity index is 2010. The van der Waals surface area contributed by atoms with E-state index in [2.05, 4.69) is 136 Å². The topological polar surface area (TPSA) is 199 Å². The Morgan fingerprint density at radius 3 is 1.05 bits per heavy atom. The van der Waals surface area contributed by atoms with Gasteiger partial charge in [-0.15, -0.1) is 0 Å². The zero-order valence-corrected chi connectivity index (χ0v) is 42.6. The number of hydrogen-bond donors (Lipinski definition) is 1. The average molecular weight is 1170 g/mol. The minimum atomic E-state index is 0. The van der Waals surface area contributed by atoms with Crippen LogP contribution in [0.25, 0.3) is 11.4 Å². The molecule has 5 aromatic heterocycles. The molecule has 0 amide bonds. The Morgan fingerprint density at radius 2 is 0.742 bits per heavy atom. The predicted octanol–water partition coefficient (Wildman–Crippen LogP) is 4.36. The van der Waals surface area contributed by atoms with Crippen molar-refractivity contribution in [2.75, 3.05) is 20.2 Å². The Kier molecular flexibility index (Phi) is 39.5. The molecular weight excluding hydrogens is 1130 g/mol. The third kappa shape index (κ3) is 27.7. The molecule has 0 atom stereocenters. The van der Waals surface area contributed by atoms with E-state index in [1.165, 1.54) is 0 Å². The maximum Gasteiger partial charge on any atom is 2.00 e. The number of aromatic nitrogens is 6. The summed E-state index contributed by atoms with van der Waals surface area (Å²) in [5.41, 5.74) is 7.14. The van der Waals surface area contributed by atoms with Crippen LogP contribution in [0.4, 0.5) is 0 Å². The summed E-state index contributed by atoms with van der Waals surface area (Å²) in [7, 11) is 1.00. The fraction of sp³-hybridized carbons (Fsp3) is 0.209. The van der Waals surface area contributed by atoms with Gasteiger partial charge in [-0.2, -0.15) is 0 Å². The van der Waals surface area contributed by atoms with E-state index in [0.29, 0.717) is 26.2 Å². The molecule has 320 valence electrons. The Balaban J connectivity index is 0. The standard InChI is InChI=1S/C38H38N8.4CHNSe.CH4O.2Fe/c1-2-12-31(13-3-1)38-43-36(29-45(27-34-16-6-10-22-41-34)24-18-32-14-4-8-20-39-32)26-37(44-38)30-46(28-35-17-7-11-23-42-35)25-19-33-15-5-9-21-40-33;4*2-1-3;1-2;;/h1-17,20-23,26H,18-19,24-25,27-30H2;4*3H;2H,1H3;;/q;;;;;;2*+2/p-4. The van der Waals surface area contributed by atoms with Gasteiger partial charge >= 0.3 is 139 Å². The molecule has 1 N–H and O–H groups in total. The number of benzene rings is 1. The fourth-order valence-electron chi connectivity index (χ4n) is 5.40. The van der Waals surface area contributed by atoms with Gasteiger partial charge in [0.25, 0.3) is 0 Å². The molecule has 0 aliphatic heterocycles. The summed E-state index contributed by atoms with van der Waals surface area (Å²) in [6, 6.07) is 36.7. The molecule has 13 nitrogen and oxygen atoms in total. The molecule has 1 aromatic carbocycles. The minimum Gasteiger partial charge on any atom is -0.291 e. The van der Waals surface area contributed by atoms with Gasteiger partial charge in [-0.05, 0) is 54.6 Å². The van der Waals surface area contributed by atoms with Crippen LogP contribution in [0.1, 0.15) is 34.2 Å². The number of aliphatic hydroxyl groups excluding tert-OH is 1. The van der Waals surface area contributed by atoms with E-state index < -0.39 is 0 Å². The van der Waals surface area contributed by atoms with Crippen molar-refractivity contribution in [1.29, 1.82) is 21.0 Å². The summed E-state index contributed by atoms with van der Waals surface area (Å²) < 4.78 is 0. The molecule has 0 radical (unpaired) electrons. The number of aliphatic hydroxyl groups is 1. The van der Waals surface area contributed by atoms with Crippen LogP contribution in [0.5, 0.6) is 0 Å². The molecule has 6 rings (SSSR count). The van der Waals surface area contributed by atoms with Crippen molar-refractivity contribution >= 4 is 64.1 Å². The van der Waals surface area contributed by atoms with Gasteiger partial charge in [0, 0.05) is 101 Å². The number of rotatable bonds is 15. The summed E-state index contributed by atoms with van der Waals surface area (Å²) in [6.45, 7) is 4.39. The number of hydrogen-bond acceptors (Lipinski definition) is 13. The molecule has 62 heavy (non-hydrogen) atoms. The predicted molar refractivity (Wildman–Crippen MR) is 234 cm³/mol. The van der Waals surface area contributed by atoms with Gasteiger partial charge in [-0.1, -0.05) is 54.6 Å². The van der Waals surface area contributed by atoms with E-state index >= 15 is 0 Å². The number of pyridine rings is 4. The van der Waals surface area contributed by atoms with E-state index in [0.717, 1.165) is 78.6 Å². The maximum atomic E-state index is 7.26. The van der Waals surface area contributed by atoms with Crippen LogP contribution in [0, 0.1) is 40.9 Å². The van der Waals surface area contributed by atoms with Crippen LogP contribution in [0.2, 0.25) is 0 Å². The van der Waals surface area contributed by atoms with Crippen molar-refractivity contribution in [3.63, 3.8) is 0 Å². The SMILES string of the molecule is CO.N#C[Se-].N#C[Se-].N#C[Se-].N#C[Se-].[Fe+2].[Fe+2].c1ccc(-c2nc(CN(CCc3ccccn3)Cc3ccccn3)cc(CN(CCc3ccccn3)Cc3ccccn3)n2)cc1. The summed E-state index contributed by atoms with van der Waals surface area (Å²) in [5.74, 6) is 0.734. The van der Waals surface area contributed by atoms with Gasteiger partial charge in [0.2, 0.25) is 0 Å². The molecule has 0 unspecified atom stereocenters. The molecule has 0 aliphatic rings. The van der Waals surface area contributed by atoms with E-state index in [-0.39, 0.29) is 34.1 Å². The Labute approximate surface area is 419 Å². The zero-order valence-electron chi connectivity index (χ0n) is 33.5. The smallest absolute Gasteiger partial charge is 0.291 e. The third-order valence-corrected chi connectivity index (χ3v) is 7.68. The Hall–Kier alpha value is -4.14. The van der Waals surface area contributed by atoms with Gasteiger partial charge in [-0.3, -0.25) is 29.7 Å². The largest absolute Gasteiger partial charge is 2.00 e. The summed E-state index contributed by atoms with van der Waals surface area (Å²) >= 11 is 8.44. The van der Waals surface area contributed by atoms with Gasteiger partial charge < -0.3 is 5.11 Å². The Morgan fingerprint density at radius 1 is 0.452 bits per heavy atom. The third-order valence-electron chi connectivity index (χ3n) is 7.68. The van der Waals surface area contributed by atoms with Crippen LogP contribution in [-0.2, 0) is 73.2 Å². The van der Waals surface area contributed by atoms with E-state index in [1.54, 1.807) is 19.9 Å². The summed E-state index contributed by atoms with van der Waals surface area (Å²) in [4.78, 5) is 39.8. The second-order valence-corrected chi connectivity index (χ2v) is 13.1. The monoisotopic (exact) mass is 1170 g/mol. The van der Waals surface area contributed by atoms with Crippen molar-refractivity contribution in [2.24, 2.45) is 0 Å². The van der Waals surface area contributed by atoms with Crippen LogP contribution in [0.15, 0.2) is 134 Å². The van der Waals surface area contributed by atoms with Crippen LogP contribution in [-0.4, -0.2) is 129 Å². The first kappa shape index (κ1) is 59.9. The number of nitrogens with zero attached hydrogens (tertiary/aromatic N) is 12. The van der Waals surface area contributed by atoms with Gasteiger partial charge in [-0.25, -0.2) is 9.97 Å². The molecular formula is C43H42Fe2N12OSe4. The van der Waals surface area contributed by atoms with Gasteiger partial charge in [0.05, 0.1) is 22.8 Å². The normalized spacial score (nSPS) is 8.90. The first-order valence-electron chi connectivity index (χ1n) is 17.9. The van der Waals surface area contributed by atoms with Gasteiger partial charge in [0.15, 0.2) is 5.82 Å². The van der Waals surface area contributed by atoms with Crippen LogP contribution < -0.4 is 0 Å². The molecule has 19 heteroatoms. The zero-order chi connectivity index (χ0) is 44.1. The quantitative estimate of drug-likeness (QED) is 0.143. The van der Waals surface area contributed by atoms with Gasteiger partial charge in [0.1, 0.15) is 0 Å². The first-order valence-corrected chi connectivity index (χ1v) is 21.3. The fourth-order valence-corrected chi connectivity index (χ4v) is 5.40. The average Bonchev–Trinajstić information content (AvgIpc) is 3.28. The molecule has 0 fully saturated rings. The second kappa shape index (κ2) is 40.9. The van der Waals surface area contributed by atoms with Crippen molar-refractivity contribution in [1.82, 2.24) is 39.7 Å². The second-order valence-electron chi connectivity index (χ2n) is 11.6. The van der Waals surface area contributed by atoms with Crippen LogP contribution >= 0.6 is 0 Å². The molecule has 0 saturated heterocycles. The minimum absolute atomic E-state index is 0. The molecule has 6 aromatic rings. The van der Waals surface area contributed by atoms with E-state index in [9.17, 15) is 0 Å². The van der Waals surface area contributed by atoms with Crippen molar-refractivity contribution in [2.45, 2.75) is 39.0 Å². The molecule has 0 saturated carbocycles. The van der Waals surface area contributed by atoms with E-state index in [4.69, 9.17) is 36.1 Å². The molecule has 0 aliphatic carbocycles. The van der Waals surface area contributed by atoms with Crippen molar-refractivity contribution in [3.05, 3.63) is 168 Å². The summed E-state index contributed by atoms with van der Waals surface area (Å²) in [5, 5.41) is 36.1. The van der Waals surface area contributed by atoms with Crippen LogP contribution in [0.3, 0.4) is 0 Å². The molecule has 0 spiro atoms. The summed E-state index contributed by atoms with van der Waals surface area (Å²) in [6.07, 6.45) is 9.08. The van der Waals surface area contributed by atoms with Crippen molar-refractivity contribution < 1.29 is 39.2 Å². The maximum absolute atomic E-state index is 7.26. The molecule has 5 heterocycles. The van der Waals surface area contributed by atoms with Crippen molar-refractivity contribution in [3.8, 4) is 31.3 Å². The van der Waals surface area contributed by atoms with E-state index in [1.807, 2.05) is 91.5 Å².